The molecule has 11 heavy (non-hydrogen) atoms. The third kappa shape index (κ3) is 2.48. The molecule has 0 bridgehead atoms. The van der Waals surface area contributed by atoms with Crippen LogP contribution in [0.4, 0.5) is 0 Å². The van der Waals surface area contributed by atoms with Crippen molar-refractivity contribution in [3.05, 3.63) is 11.7 Å². The van der Waals surface area contributed by atoms with Gasteiger partial charge in [0.15, 0.2) is 5.82 Å². The lowest BCUT2D eigenvalue weighted by atomic mass is 10.3. The fourth-order valence-corrected chi connectivity index (χ4v) is 0.612. The molecule has 0 radical (unpaired) electrons. The maximum atomic E-state index is 4.89. The number of halogens is 1. The first-order valence-electron chi connectivity index (χ1n) is 3.21. The Kier molecular flexibility index (Phi) is 4.07. The smallest absolute Gasteiger partial charge is 0.243 e. The van der Waals surface area contributed by atoms with Gasteiger partial charge in [0.25, 0.3) is 0 Å². The molecule has 1 atom stereocenters. The molecule has 1 N–H and O–H groups in total. The van der Waals surface area contributed by atoms with E-state index in [1.165, 1.54) is 0 Å². The van der Waals surface area contributed by atoms with Gasteiger partial charge in [-0.3, -0.25) is 0 Å². The Balaban J connectivity index is 0.000001000. The first kappa shape index (κ1) is 10.4. The van der Waals surface area contributed by atoms with E-state index in [2.05, 4.69) is 15.5 Å². The van der Waals surface area contributed by atoms with E-state index in [9.17, 15) is 0 Å². The second-order valence-corrected chi connectivity index (χ2v) is 2.19. The van der Waals surface area contributed by atoms with Gasteiger partial charge >= 0.3 is 0 Å². The van der Waals surface area contributed by atoms with Gasteiger partial charge in [0.05, 0.1) is 6.04 Å². The van der Waals surface area contributed by atoms with Crippen LogP contribution in [0.15, 0.2) is 4.52 Å². The third-order valence-electron chi connectivity index (χ3n) is 1.35. The van der Waals surface area contributed by atoms with Crippen molar-refractivity contribution >= 4 is 12.4 Å². The number of hydrogen-bond acceptors (Lipinski definition) is 4. The minimum atomic E-state index is 0. The van der Waals surface area contributed by atoms with Crippen LogP contribution in [0.25, 0.3) is 0 Å². The summed E-state index contributed by atoms with van der Waals surface area (Å²) in [4.78, 5) is 4.04. The van der Waals surface area contributed by atoms with E-state index in [0.29, 0.717) is 11.7 Å². The van der Waals surface area contributed by atoms with Gasteiger partial charge in [-0.25, -0.2) is 0 Å². The van der Waals surface area contributed by atoms with Crippen molar-refractivity contribution < 1.29 is 4.52 Å². The average Bonchev–Trinajstić information content (AvgIpc) is 2.34. The van der Waals surface area contributed by atoms with Gasteiger partial charge in [-0.1, -0.05) is 5.16 Å². The lowest BCUT2D eigenvalue weighted by Crippen LogP contribution is -2.12. The van der Waals surface area contributed by atoms with E-state index in [1.807, 2.05) is 14.0 Å². The largest absolute Gasteiger partial charge is 0.338 e. The number of aryl methyl sites for hydroxylation is 1. The quantitative estimate of drug-likeness (QED) is 0.735. The van der Waals surface area contributed by atoms with Crippen molar-refractivity contribution in [3.63, 3.8) is 0 Å². The average molecular weight is 178 g/mol. The van der Waals surface area contributed by atoms with E-state index in [-0.39, 0.29) is 18.4 Å². The van der Waals surface area contributed by atoms with Crippen molar-refractivity contribution in [2.45, 2.75) is 19.9 Å². The normalized spacial score (nSPS) is 12.3. The standard InChI is InChI=1S/C6H11N3O.ClH/c1-4(7-3)6-8-5(2)9-10-6;/h4,7H,1-3H3;1H. The summed E-state index contributed by atoms with van der Waals surface area (Å²) in [6, 6.07) is 0.140. The first-order valence-corrected chi connectivity index (χ1v) is 3.21. The molecule has 0 fully saturated rings. The van der Waals surface area contributed by atoms with Gasteiger partial charge in [0.1, 0.15) is 0 Å². The van der Waals surface area contributed by atoms with Gasteiger partial charge < -0.3 is 9.84 Å². The molecule has 0 aliphatic rings. The molecular formula is C6H12ClN3O. The van der Waals surface area contributed by atoms with E-state index >= 15 is 0 Å². The molecule has 1 aromatic rings. The van der Waals surface area contributed by atoms with Crippen molar-refractivity contribution in [1.82, 2.24) is 15.5 Å². The molecule has 1 aromatic heterocycles. The van der Waals surface area contributed by atoms with Crippen molar-refractivity contribution in [2.24, 2.45) is 0 Å². The number of rotatable bonds is 2. The topological polar surface area (TPSA) is 51.0 Å². The van der Waals surface area contributed by atoms with Crippen LogP contribution in [0.1, 0.15) is 24.7 Å². The van der Waals surface area contributed by atoms with Crippen molar-refractivity contribution in [2.75, 3.05) is 7.05 Å². The van der Waals surface area contributed by atoms with Crippen LogP contribution in [0.5, 0.6) is 0 Å². The van der Waals surface area contributed by atoms with E-state index in [1.54, 1.807) is 6.92 Å². The number of hydrogen-bond donors (Lipinski definition) is 1. The Labute approximate surface area is 71.8 Å². The summed E-state index contributed by atoms with van der Waals surface area (Å²) in [6.45, 7) is 3.77. The molecule has 0 aromatic carbocycles. The summed E-state index contributed by atoms with van der Waals surface area (Å²) in [5, 5.41) is 6.66. The zero-order chi connectivity index (χ0) is 7.56. The highest BCUT2D eigenvalue weighted by molar-refractivity contribution is 5.85. The lowest BCUT2D eigenvalue weighted by molar-refractivity contribution is 0.344. The molecule has 0 saturated carbocycles. The molecule has 5 heteroatoms. The highest BCUT2D eigenvalue weighted by atomic mass is 35.5. The van der Waals surface area contributed by atoms with Gasteiger partial charge in [0.2, 0.25) is 5.89 Å². The Morgan fingerprint density at radius 3 is 2.55 bits per heavy atom. The zero-order valence-electron chi connectivity index (χ0n) is 6.79. The van der Waals surface area contributed by atoms with Crippen LogP contribution in [0, 0.1) is 6.92 Å². The highest BCUT2D eigenvalue weighted by Crippen LogP contribution is 2.06. The van der Waals surface area contributed by atoms with Gasteiger partial charge in [-0.15, -0.1) is 12.4 Å². The molecule has 1 heterocycles. The minimum absolute atomic E-state index is 0. The molecular weight excluding hydrogens is 166 g/mol. The third-order valence-corrected chi connectivity index (χ3v) is 1.35. The molecule has 64 valence electrons. The molecule has 0 aliphatic heterocycles. The highest BCUT2D eigenvalue weighted by Gasteiger charge is 2.08. The monoisotopic (exact) mass is 177 g/mol. The van der Waals surface area contributed by atoms with E-state index in [0.717, 1.165) is 0 Å². The van der Waals surface area contributed by atoms with Gasteiger partial charge in [-0.2, -0.15) is 4.98 Å². The van der Waals surface area contributed by atoms with Crippen LogP contribution in [0.3, 0.4) is 0 Å². The Hall–Kier alpha value is -0.610. The van der Waals surface area contributed by atoms with Crippen molar-refractivity contribution in [3.8, 4) is 0 Å². The molecule has 1 rings (SSSR count). The maximum Gasteiger partial charge on any atom is 0.243 e. The van der Waals surface area contributed by atoms with E-state index < -0.39 is 0 Å². The SMILES string of the molecule is CNC(C)c1nc(C)no1.Cl. The van der Waals surface area contributed by atoms with Crippen LogP contribution in [-0.2, 0) is 0 Å². The van der Waals surface area contributed by atoms with Gasteiger partial charge in [0, 0.05) is 0 Å². The number of nitrogens with zero attached hydrogens (tertiary/aromatic N) is 2. The Morgan fingerprint density at radius 1 is 1.55 bits per heavy atom. The second-order valence-electron chi connectivity index (χ2n) is 2.19. The van der Waals surface area contributed by atoms with Crippen LogP contribution in [0.2, 0.25) is 0 Å². The lowest BCUT2D eigenvalue weighted by Gasteiger charge is -2.00. The van der Waals surface area contributed by atoms with E-state index in [4.69, 9.17) is 4.52 Å². The summed E-state index contributed by atoms with van der Waals surface area (Å²) < 4.78 is 4.89. The summed E-state index contributed by atoms with van der Waals surface area (Å²) in [5.74, 6) is 1.32. The Morgan fingerprint density at radius 2 is 2.18 bits per heavy atom. The predicted octanol–water partition coefficient (Wildman–Crippen LogP) is 1.08. The summed E-state index contributed by atoms with van der Waals surface area (Å²) in [6.07, 6.45) is 0. The fourth-order valence-electron chi connectivity index (χ4n) is 0.612. The molecule has 0 saturated heterocycles. The fraction of sp³-hybridized carbons (Fsp3) is 0.667. The summed E-state index contributed by atoms with van der Waals surface area (Å²) in [5.41, 5.74) is 0. The van der Waals surface area contributed by atoms with Gasteiger partial charge in [-0.05, 0) is 20.9 Å². The van der Waals surface area contributed by atoms with Crippen LogP contribution < -0.4 is 5.32 Å². The van der Waals surface area contributed by atoms with Crippen LogP contribution >= 0.6 is 12.4 Å². The first-order chi connectivity index (χ1) is 4.74. The predicted molar refractivity (Wildman–Crippen MR) is 43.8 cm³/mol. The summed E-state index contributed by atoms with van der Waals surface area (Å²) >= 11 is 0. The Bertz CT molecular complexity index is 213. The number of nitrogens with one attached hydrogen (secondary N) is 1. The van der Waals surface area contributed by atoms with Crippen LogP contribution in [-0.4, -0.2) is 17.2 Å². The molecule has 1 unspecified atom stereocenters. The molecule has 4 nitrogen and oxygen atoms in total. The number of aromatic nitrogens is 2. The zero-order valence-corrected chi connectivity index (χ0v) is 7.60. The van der Waals surface area contributed by atoms with Crippen molar-refractivity contribution in [1.29, 1.82) is 0 Å². The second kappa shape index (κ2) is 4.31. The maximum absolute atomic E-state index is 4.89. The molecule has 0 amide bonds. The molecule has 0 spiro atoms. The summed E-state index contributed by atoms with van der Waals surface area (Å²) in [7, 11) is 1.85. The molecule has 0 aliphatic carbocycles. The minimum Gasteiger partial charge on any atom is -0.338 e.